The molecule has 1 heterocycles. The highest BCUT2D eigenvalue weighted by molar-refractivity contribution is 6.31. The van der Waals surface area contributed by atoms with Gasteiger partial charge in [0, 0.05) is 11.4 Å². The van der Waals surface area contributed by atoms with E-state index < -0.39 is 5.82 Å². The molecule has 0 spiro atoms. The summed E-state index contributed by atoms with van der Waals surface area (Å²) in [7, 11) is 0. The quantitative estimate of drug-likeness (QED) is 0.718. The van der Waals surface area contributed by atoms with Crippen LogP contribution in [0.5, 0.6) is 0 Å². The van der Waals surface area contributed by atoms with Crippen LogP contribution in [0.25, 0.3) is 0 Å². The number of hydrogen-bond acceptors (Lipinski definition) is 4. The van der Waals surface area contributed by atoms with Gasteiger partial charge in [-0.05, 0) is 48.9 Å². The Balaban J connectivity index is 1.70. The van der Waals surface area contributed by atoms with Gasteiger partial charge in [-0.25, -0.2) is 4.39 Å². The van der Waals surface area contributed by atoms with Crippen molar-refractivity contribution in [1.82, 2.24) is 10.2 Å². The number of para-hydroxylation sites is 1. The minimum atomic E-state index is -0.499. The fourth-order valence-corrected chi connectivity index (χ4v) is 2.32. The summed E-state index contributed by atoms with van der Waals surface area (Å²) in [6.07, 6.45) is 0. The maximum absolute atomic E-state index is 13.2. The zero-order valence-electron chi connectivity index (χ0n) is 13.3. The molecule has 0 saturated carbocycles. The van der Waals surface area contributed by atoms with Gasteiger partial charge in [0.25, 0.3) is 5.91 Å². The third kappa shape index (κ3) is 4.10. The molecule has 0 saturated heterocycles. The summed E-state index contributed by atoms with van der Waals surface area (Å²) in [6.45, 7) is 1.90. The van der Waals surface area contributed by atoms with E-state index in [-0.39, 0.29) is 16.6 Å². The Kier molecular flexibility index (Phi) is 4.90. The summed E-state index contributed by atoms with van der Waals surface area (Å²) >= 11 is 5.73. The van der Waals surface area contributed by atoms with Crippen molar-refractivity contribution in [2.24, 2.45) is 0 Å². The van der Waals surface area contributed by atoms with Gasteiger partial charge in [0.2, 0.25) is 0 Å². The Morgan fingerprint density at radius 1 is 1.08 bits per heavy atom. The number of anilines is 3. The van der Waals surface area contributed by atoms with Crippen molar-refractivity contribution in [3.63, 3.8) is 0 Å². The van der Waals surface area contributed by atoms with E-state index in [2.05, 4.69) is 20.8 Å². The lowest BCUT2D eigenvalue weighted by Gasteiger charge is -2.08. The van der Waals surface area contributed by atoms with Gasteiger partial charge in [-0.2, -0.15) is 0 Å². The van der Waals surface area contributed by atoms with E-state index in [1.807, 2.05) is 31.2 Å². The average Bonchev–Trinajstić information content (AvgIpc) is 2.61. The number of hydrogen-bond donors (Lipinski definition) is 2. The number of halogens is 2. The number of carbonyl (C=O) groups excluding carboxylic acids is 1. The van der Waals surface area contributed by atoms with Crippen LogP contribution in [0.1, 0.15) is 16.1 Å². The van der Waals surface area contributed by atoms with Gasteiger partial charge in [0.1, 0.15) is 5.82 Å². The van der Waals surface area contributed by atoms with Crippen molar-refractivity contribution in [3.05, 3.63) is 76.7 Å². The molecule has 1 aromatic heterocycles. The first-order valence-electron chi connectivity index (χ1n) is 7.46. The first-order chi connectivity index (χ1) is 12.0. The van der Waals surface area contributed by atoms with Crippen LogP contribution in [-0.2, 0) is 0 Å². The predicted octanol–water partition coefficient (Wildman–Crippen LogP) is 4.57. The van der Waals surface area contributed by atoms with E-state index in [4.69, 9.17) is 11.6 Å². The van der Waals surface area contributed by atoms with Gasteiger partial charge in [-0.1, -0.05) is 29.8 Å². The van der Waals surface area contributed by atoms with Gasteiger partial charge in [0.05, 0.1) is 5.02 Å². The van der Waals surface area contributed by atoms with Gasteiger partial charge in [-0.3, -0.25) is 4.79 Å². The molecule has 3 aromatic rings. The molecule has 0 aliphatic rings. The zero-order chi connectivity index (χ0) is 17.8. The number of aromatic nitrogens is 2. The molecule has 2 aromatic carbocycles. The van der Waals surface area contributed by atoms with E-state index in [9.17, 15) is 9.18 Å². The van der Waals surface area contributed by atoms with E-state index in [0.29, 0.717) is 11.5 Å². The van der Waals surface area contributed by atoms with Crippen LogP contribution < -0.4 is 10.6 Å². The monoisotopic (exact) mass is 356 g/mol. The Hall–Kier alpha value is -2.99. The van der Waals surface area contributed by atoms with Crippen molar-refractivity contribution in [1.29, 1.82) is 0 Å². The number of benzene rings is 2. The van der Waals surface area contributed by atoms with E-state index in [1.165, 1.54) is 18.2 Å². The third-order valence-electron chi connectivity index (χ3n) is 3.48. The fraction of sp³-hybridized carbons (Fsp3) is 0.0556. The summed E-state index contributed by atoms with van der Waals surface area (Å²) in [5.74, 6) is -0.435. The van der Waals surface area contributed by atoms with Gasteiger partial charge in [0.15, 0.2) is 11.5 Å². The minimum absolute atomic E-state index is 0.00666. The maximum atomic E-state index is 13.2. The molecule has 0 aliphatic heterocycles. The predicted molar refractivity (Wildman–Crippen MR) is 95.9 cm³/mol. The normalized spacial score (nSPS) is 10.4. The summed E-state index contributed by atoms with van der Waals surface area (Å²) < 4.78 is 13.2. The Morgan fingerprint density at radius 3 is 2.56 bits per heavy atom. The first-order valence-corrected chi connectivity index (χ1v) is 7.83. The largest absolute Gasteiger partial charge is 0.339 e. The van der Waals surface area contributed by atoms with Crippen LogP contribution in [-0.4, -0.2) is 16.1 Å². The second-order valence-electron chi connectivity index (χ2n) is 5.33. The number of aryl methyl sites for hydroxylation is 1. The lowest BCUT2D eigenvalue weighted by molar-refractivity contribution is 0.102. The van der Waals surface area contributed by atoms with E-state index in [1.54, 1.807) is 12.1 Å². The number of nitrogens with one attached hydrogen (secondary N) is 2. The zero-order valence-corrected chi connectivity index (χ0v) is 14.0. The molecule has 3 rings (SSSR count). The van der Waals surface area contributed by atoms with E-state index in [0.717, 1.165) is 11.3 Å². The van der Waals surface area contributed by atoms with Crippen LogP contribution >= 0.6 is 11.6 Å². The maximum Gasteiger partial charge on any atom is 0.276 e. The summed E-state index contributed by atoms with van der Waals surface area (Å²) in [5.41, 5.74) is 2.43. The highest BCUT2D eigenvalue weighted by Crippen LogP contribution is 2.22. The fourth-order valence-electron chi connectivity index (χ4n) is 2.14. The molecule has 5 nitrogen and oxygen atoms in total. The molecule has 126 valence electrons. The van der Waals surface area contributed by atoms with Gasteiger partial charge < -0.3 is 10.6 Å². The molecule has 0 unspecified atom stereocenters. The molecule has 0 fully saturated rings. The highest BCUT2D eigenvalue weighted by Gasteiger charge is 2.10. The number of rotatable bonds is 4. The molecule has 0 atom stereocenters. The molecular formula is C18H14ClFN4O. The third-order valence-corrected chi connectivity index (χ3v) is 3.77. The SMILES string of the molecule is Cc1ccccc1NC(=O)c1ccc(Nc2ccc(F)c(Cl)c2)nn1. The number of nitrogens with zero attached hydrogens (tertiary/aromatic N) is 2. The second-order valence-corrected chi connectivity index (χ2v) is 5.73. The molecule has 1 amide bonds. The smallest absolute Gasteiger partial charge is 0.276 e. The molecule has 0 aliphatic carbocycles. The number of carbonyl (C=O) groups is 1. The lowest BCUT2D eigenvalue weighted by Crippen LogP contribution is -2.15. The molecule has 2 N–H and O–H groups in total. The minimum Gasteiger partial charge on any atom is -0.339 e. The van der Waals surface area contributed by atoms with Gasteiger partial charge in [-0.15, -0.1) is 10.2 Å². The molecule has 25 heavy (non-hydrogen) atoms. The Morgan fingerprint density at radius 2 is 1.88 bits per heavy atom. The Bertz CT molecular complexity index is 915. The average molecular weight is 357 g/mol. The highest BCUT2D eigenvalue weighted by atomic mass is 35.5. The van der Waals surface area contributed by atoms with Crippen LogP contribution in [0, 0.1) is 12.7 Å². The molecule has 0 bridgehead atoms. The second kappa shape index (κ2) is 7.27. The van der Waals surface area contributed by atoms with Crippen molar-refractivity contribution < 1.29 is 9.18 Å². The van der Waals surface area contributed by atoms with Crippen molar-refractivity contribution >= 4 is 34.7 Å². The van der Waals surface area contributed by atoms with Crippen LogP contribution in [0.4, 0.5) is 21.6 Å². The van der Waals surface area contributed by atoms with Crippen LogP contribution in [0.2, 0.25) is 5.02 Å². The van der Waals surface area contributed by atoms with Crippen LogP contribution in [0.3, 0.4) is 0 Å². The van der Waals surface area contributed by atoms with Crippen LogP contribution in [0.15, 0.2) is 54.6 Å². The summed E-state index contributed by atoms with van der Waals surface area (Å²) in [6, 6.07) is 14.8. The lowest BCUT2D eigenvalue weighted by atomic mass is 10.2. The molecular weight excluding hydrogens is 343 g/mol. The first kappa shape index (κ1) is 16.9. The van der Waals surface area contributed by atoms with Crippen molar-refractivity contribution in [2.75, 3.05) is 10.6 Å². The van der Waals surface area contributed by atoms with E-state index >= 15 is 0 Å². The molecule has 7 heteroatoms. The molecule has 0 radical (unpaired) electrons. The topological polar surface area (TPSA) is 66.9 Å². The summed E-state index contributed by atoms with van der Waals surface area (Å²) in [4.78, 5) is 12.2. The number of amides is 1. The van der Waals surface area contributed by atoms with Crippen molar-refractivity contribution in [2.45, 2.75) is 6.92 Å². The Labute approximate surface area is 148 Å². The standard InChI is InChI=1S/C18H14ClFN4O/c1-11-4-2-3-5-15(11)22-18(25)16-8-9-17(24-23-16)21-12-6-7-14(20)13(19)10-12/h2-10H,1H3,(H,21,24)(H,22,25). The van der Waals surface area contributed by atoms with Gasteiger partial charge >= 0.3 is 0 Å². The summed E-state index contributed by atoms with van der Waals surface area (Å²) in [5, 5.41) is 13.6. The van der Waals surface area contributed by atoms with Crippen molar-refractivity contribution in [3.8, 4) is 0 Å².